The third-order valence-corrected chi connectivity index (χ3v) is 5.13. The summed E-state index contributed by atoms with van der Waals surface area (Å²) in [5.74, 6) is -0.400. The van der Waals surface area contributed by atoms with Crippen LogP contribution in [0.2, 0.25) is 0 Å². The van der Waals surface area contributed by atoms with Crippen molar-refractivity contribution in [2.75, 3.05) is 57.9 Å². The van der Waals surface area contributed by atoms with Gasteiger partial charge in [0.25, 0.3) is 0 Å². The molecule has 0 bridgehead atoms. The predicted octanol–water partition coefficient (Wildman–Crippen LogP) is 1.36. The summed E-state index contributed by atoms with van der Waals surface area (Å²) in [6, 6.07) is 6.47. The van der Waals surface area contributed by atoms with Crippen LogP contribution in [0.4, 0.5) is 10.1 Å². The van der Waals surface area contributed by atoms with E-state index >= 15 is 0 Å². The van der Waals surface area contributed by atoms with Crippen LogP contribution in [0.25, 0.3) is 0 Å². The molecule has 0 aliphatic carbocycles. The first-order chi connectivity index (χ1) is 12.6. The smallest absolute Gasteiger partial charge is 0.228 e. The number of amides is 2. The van der Waals surface area contributed by atoms with Crippen LogP contribution in [-0.2, 0) is 14.3 Å². The van der Waals surface area contributed by atoms with Gasteiger partial charge in [0.2, 0.25) is 11.8 Å². The number of halogens is 1. The van der Waals surface area contributed by atoms with E-state index in [4.69, 9.17) is 4.74 Å². The quantitative estimate of drug-likeness (QED) is 0.793. The van der Waals surface area contributed by atoms with Crippen LogP contribution >= 0.6 is 0 Å². The van der Waals surface area contributed by atoms with Crippen LogP contribution in [0.5, 0.6) is 0 Å². The number of hydrogen-bond donors (Lipinski definition) is 0. The van der Waals surface area contributed by atoms with Gasteiger partial charge in [0.1, 0.15) is 5.82 Å². The lowest BCUT2D eigenvalue weighted by atomic mass is 10.1. The number of nitrogens with zero attached hydrogens (tertiary/aromatic N) is 3. The number of ether oxygens (including phenoxy) is 1. The predicted molar refractivity (Wildman–Crippen MR) is 96.4 cm³/mol. The van der Waals surface area contributed by atoms with Gasteiger partial charge in [-0.25, -0.2) is 4.39 Å². The van der Waals surface area contributed by atoms with Gasteiger partial charge >= 0.3 is 0 Å². The minimum atomic E-state index is -0.253. The fourth-order valence-electron chi connectivity index (χ4n) is 3.66. The van der Waals surface area contributed by atoms with Crippen molar-refractivity contribution in [2.45, 2.75) is 12.8 Å². The molecule has 1 atom stereocenters. The van der Waals surface area contributed by atoms with E-state index in [1.165, 1.54) is 12.1 Å². The fraction of sp³-hybridized carbons (Fsp3) is 0.579. The van der Waals surface area contributed by atoms with E-state index in [9.17, 15) is 14.0 Å². The molecule has 3 rings (SSSR count). The van der Waals surface area contributed by atoms with Crippen molar-refractivity contribution in [1.29, 1.82) is 0 Å². The standard InChI is InChI=1S/C19H26FN3O3/c1-26-12-11-23-14-15(13-18(23)24)19(25)22-8-2-7-21(9-10-22)17-5-3-16(20)4-6-17/h3-6,15H,2,7-14H2,1H3/t15-/m0/s1. The fourth-order valence-corrected chi connectivity index (χ4v) is 3.66. The number of methoxy groups -OCH3 is 1. The second kappa shape index (κ2) is 8.49. The minimum absolute atomic E-state index is 0.0307. The second-order valence-electron chi connectivity index (χ2n) is 6.88. The average molecular weight is 363 g/mol. The molecule has 0 saturated carbocycles. The summed E-state index contributed by atoms with van der Waals surface area (Å²) in [6.07, 6.45) is 1.15. The van der Waals surface area contributed by atoms with Crippen molar-refractivity contribution in [3.8, 4) is 0 Å². The Morgan fingerprint density at radius 3 is 2.69 bits per heavy atom. The SMILES string of the molecule is COCCN1C[C@@H](C(=O)N2CCCN(c3ccc(F)cc3)CC2)CC1=O. The summed E-state index contributed by atoms with van der Waals surface area (Å²) in [7, 11) is 1.60. The zero-order valence-corrected chi connectivity index (χ0v) is 15.2. The van der Waals surface area contributed by atoms with Crippen LogP contribution in [0.1, 0.15) is 12.8 Å². The Bertz CT molecular complexity index is 637. The normalized spacial score (nSPS) is 21.2. The number of carbonyl (C=O) groups excluding carboxylic acids is 2. The number of rotatable bonds is 5. The van der Waals surface area contributed by atoms with Gasteiger partial charge < -0.3 is 19.4 Å². The lowest BCUT2D eigenvalue weighted by Crippen LogP contribution is -2.40. The Labute approximate surface area is 153 Å². The summed E-state index contributed by atoms with van der Waals surface area (Å²) in [4.78, 5) is 30.7. The van der Waals surface area contributed by atoms with Crippen molar-refractivity contribution in [1.82, 2.24) is 9.80 Å². The molecule has 0 radical (unpaired) electrons. The van der Waals surface area contributed by atoms with Crippen molar-refractivity contribution < 1.29 is 18.7 Å². The molecule has 7 heteroatoms. The van der Waals surface area contributed by atoms with Crippen LogP contribution in [-0.4, -0.2) is 74.6 Å². The number of likely N-dealkylation sites (tertiary alicyclic amines) is 1. The summed E-state index contributed by atoms with van der Waals surface area (Å²) < 4.78 is 18.1. The second-order valence-corrected chi connectivity index (χ2v) is 6.88. The zero-order chi connectivity index (χ0) is 18.5. The number of carbonyl (C=O) groups is 2. The summed E-state index contributed by atoms with van der Waals surface area (Å²) in [5, 5.41) is 0. The van der Waals surface area contributed by atoms with Gasteiger partial charge in [-0.15, -0.1) is 0 Å². The van der Waals surface area contributed by atoms with Crippen molar-refractivity contribution >= 4 is 17.5 Å². The molecule has 2 fully saturated rings. The highest BCUT2D eigenvalue weighted by Gasteiger charge is 2.36. The lowest BCUT2D eigenvalue weighted by molar-refractivity contribution is -0.135. The highest BCUT2D eigenvalue weighted by Crippen LogP contribution is 2.22. The van der Waals surface area contributed by atoms with Crippen LogP contribution in [0.15, 0.2) is 24.3 Å². The topological polar surface area (TPSA) is 53.1 Å². The Balaban J connectivity index is 1.56. The molecule has 2 saturated heterocycles. The molecule has 1 aromatic carbocycles. The van der Waals surface area contributed by atoms with Crippen LogP contribution in [0, 0.1) is 11.7 Å². The van der Waals surface area contributed by atoms with Gasteiger partial charge in [-0.1, -0.05) is 0 Å². The third-order valence-electron chi connectivity index (χ3n) is 5.13. The van der Waals surface area contributed by atoms with E-state index in [1.54, 1.807) is 24.1 Å². The molecule has 2 aliphatic heterocycles. The first-order valence-corrected chi connectivity index (χ1v) is 9.14. The Hall–Kier alpha value is -2.15. The maximum atomic E-state index is 13.1. The van der Waals surface area contributed by atoms with Gasteiger partial charge in [-0.05, 0) is 30.7 Å². The highest BCUT2D eigenvalue weighted by atomic mass is 19.1. The molecule has 142 valence electrons. The molecule has 1 aromatic rings. The number of benzene rings is 1. The number of hydrogen-bond acceptors (Lipinski definition) is 4. The molecular weight excluding hydrogens is 337 g/mol. The molecule has 2 aliphatic rings. The zero-order valence-electron chi connectivity index (χ0n) is 15.2. The lowest BCUT2D eigenvalue weighted by Gasteiger charge is -2.25. The van der Waals surface area contributed by atoms with E-state index < -0.39 is 0 Å². The Morgan fingerprint density at radius 2 is 1.96 bits per heavy atom. The molecular formula is C19H26FN3O3. The average Bonchev–Trinajstić information content (AvgIpc) is 2.85. The summed E-state index contributed by atoms with van der Waals surface area (Å²) in [6.45, 7) is 4.38. The van der Waals surface area contributed by atoms with Crippen molar-refractivity contribution in [3.63, 3.8) is 0 Å². The highest BCUT2D eigenvalue weighted by molar-refractivity contribution is 5.89. The Kier molecular flexibility index (Phi) is 6.08. The molecule has 6 nitrogen and oxygen atoms in total. The molecule has 2 heterocycles. The van der Waals surface area contributed by atoms with Crippen LogP contribution < -0.4 is 4.90 Å². The number of anilines is 1. The van der Waals surface area contributed by atoms with E-state index in [-0.39, 0.29) is 23.5 Å². The van der Waals surface area contributed by atoms with Gasteiger partial charge in [0.05, 0.1) is 12.5 Å². The molecule has 0 aromatic heterocycles. The monoisotopic (exact) mass is 363 g/mol. The van der Waals surface area contributed by atoms with Gasteiger partial charge in [0.15, 0.2) is 0 Å². The third kappa shape index (κ3) is 4.33. The Morgan fingerprint density at radius 1 is 1.19 bits per heavy atom. The molecule has 26 heavy (non-hydrogen) atoms. The van der Waals surface area contributed by atoms with E-state index in [0.29, 0.717) is 45.8 Å². The largest absolute Gasteiger partial charge is 0.383 e. The molecule has 0 unspecified atom stereocenters. The first kappa shape index (κ1) is 18.6. The van der Waals surface area contributed by atoms with Crippen molar-refractivity contribution in [3.05, 3.63) is 30.1 Å². The maximum absolute atomic E-state index is 13.1. The molecule has 2 amide bonds. The van der Waals surface area contributed by atoms with Crippen molar-refractivity contribution in [2.24, 2.45) is 5.92 Å². The summed E-state index contributed by atoms with van der Waals surface area (Å²) in [5.41, 5.74) is 0.975. The van der Waals surface area contributed by atoms with E-state index in [1.807, 2.05) is 4.90 Å². The van der Waals surface area contributed by atoms with Gasteiger partial charge in [-0.3, -0.25) is 9.59 Å². The van der Waals surface area contributed by atoms with E-state index in [0.717, 1.165) is 18.7 Å². The molecule has 0 N–H and O–H groups in total. The van der Waals surface area contributed by atoms with Gasteiger partial charge in [0, 0.05) is 58.5 Å². The van der Waals surface area contributed by atoms with Gasteiger partial charge in [-0.2, -0.15) is 0 Å². The first-order valence-electron chi connectivity index (χ1n) is 9.14. The molecule has 0 spiro atoms. The minimum Gasteiger partial charge on any atom is -0.383 e. The maximum Gasteiger partial charge on any atom is 0.228 e. The summed E-state index contributed by atoms with van der Waals surface area (Å²) >= 11 is 0. The van der Waals surface area contributed by atoms with E-state index in [2.05, 4.69) is 4.90 Å². The van der Waals surface area contributed by atoms with Crippen LogP contribution in [0.3, 0.4) is 0 Å².